The molecule has 0 heterocycles. The van der Waals surface area contributed by atoms with Gasteiger partial charge < -0.3 is 0 Å². The minimum absolute atomic E-state index is 1.31. The van der Waals surface area contributed by atoms with Gasteiger partial charge in [0, 0.05) is 19.1 Å². The van der Waals surface area contributed by atoms with Crippen molar-refractivity contribution in [2.75, 3.05) is 7.05 Å². The summed E-state index contributed by atoms with van der Waals surface area (Å²) in [6.45, 7) is 0. The Morgan fingerprint density at radius 3 is 1.67 bits per heavy atom. The second kappa shape index (κ2) is 2.18. The van der Waals surface area contributed by atoms with Crippen LogP contribution in [0.5, 0.6) is 0 Å². The van der Waals surface area contributed by atoms with E-state index < -0.39 is 0 Å². The summed E-state index contributed by atoms with van der Waals surface area (Å²) in [6, 6.07) is 4.42. The minimum atomic E-state index is 1.31. The van der Waals surface area contributed by atoms with Crippen molar-refractivity contribution in [1.29, 1.82) is 0 Å². The van der Waals surface area contributed by atoms with Crippen LogP contribution >= 0.6 is 0 Å². The third-order valence-electron chi connectivity index (χ3n) is 0.387. The zero-order chi connectivity index (χ0) is 4.99. The molecule has 0 spiro atoms. The summed E-state index contributed by atoms with van der Waals surface area (Å²) < 4.78 is 0. The molecule has 0 N–H and O–H groups in total. The predicted octanol–water partition coefficient (Wildman–Crippen LogP) is 0.0996. The van der Waals surface area contributed by atoms with Crippen LogP contribution in [-0.2, 0) is 0 Å². The second-order valence-electron chi connectivity index (χ2n) is 0.817. The molecule has 1 heteroatoms. The van der Waals surface area contributed by atoms with E-state index in [0.29, 0.717) is 0 Å². The van der Waals surface area contributed by atoms with E-state index in [1.54, 1.807) is 7.05 Å². The Labute approximate surface area is 38.0 Å². The minimum Gasteiger partial charge on any atom is -0.264 e. The highest BCUT2D eigenvalue weighted by Crippen LogP contribution is 1.63. The average molecular weight is 79.1 g/mol. The SMILES string of the molecule is C#CN(C)C#C. The number of rotatable bonds is 0. The molecule has 0 aliphatic heterocycles. The molecule has 0 rings (SSSR count). The third kappa shape index (κ3) is 1.26. The van der Waals surface area contributed by atoms with Crippen molar-refractivity contribution in [3.63, 3.8) is 0 Å². The molecule has 0 unspecified atom stereocenters. The molecule has 1 nitrogen and oxygen atoms in total. The van der Waals surface area contributed by atoms with Gasteiger partial charge in [-0.3, -0.25) is 4.90 Å². The smallest absolute Gasteiger partial charge is 0.0288 e. The molecule has 6 heavy (non-hydrogen) atoms. The lowest BCUT2D eigenvalue weighted by Gasteiger charge is -1.92. The summed E-state index contributed by atoms with van der Waals surface area (Å²) in [5.74, 6) is 0. The van der Waals surface area contributed by atoms with E-state index in [0.717, 1.165) is 0 Å². The van der Waals surface area contributed by atoms with E-state index in [4.69, 9.17) is 12.8 Å². The second-order valence-corrected chi connectivity index (χ2v) is 0.817. The quantitative estimate of drug-likeness (QED) is 0.294. The summed E-state index contributed by atoms with van der Waals surface area (Å²) in [4.78, 5) is 1.31. The summed E-state index contributed by atoms with van der Waals surface area (Å²) in [5.41, 5.74) is 0. The average Bonchev–Trinajstić information content (AvgIpc) is 1.65. The monoisotopic (exact) mass is 79.0 g/mol. The fourth-order valence-electron chi connectivity index (χ4n) is 0.0373. The van der Waals surface area contributed by atoms with Gasteiger partial charge in [-0.25, -0.2) is 0 Å². The van der Waals surface area contributed by atoms with E-state index in [1.165, 1.54) is 4.90 Å². The molecule has 0 aromatic rings. The topological polar surface area (TPSA) is 3.24 Å². The molecule has 0 saturated carbocycles. The van der Waals surface area contributed by atoms with Crippen LogP contribution in [0.4, 0.5) is 0 Å². The van der Waals surface area contributed by atoms with Crippen molar-refractivity contribution < 1.29 is 0 Å². The molecular weight excluding hydrogens is 74.1 g/mol. The van der Waals surface area contributed by atoms with E-state index in [-0.39, 0.29) is 0 Å². The van der Waals surface area contributed by atoms with Crippen LogP contribution in [0.3, 0.4) is 0 Å². The van der Waals surface area contributed by atoms with Gasteiger partial charge in [-0.2, -0.15) is 0 Å². The summed E-state index contributed by atoms with van der Waals surface area (Å²) in [6.07, 6.45) is 9.63. The molecule has 30 valence electrons. The van der Waals surface area contributed by atoms with Crippen LogP contribution in [0.15, 0.2) is 0 Å². The summed E-state index contributed by atoms with van der Waals surface area (Å²) in [7, 11) is 1.64. The van der Waals surface area contributed by atoms with Crippen LogP contribution in [0, 0.1) is 24.9 Å². The highest BCUT2D eigenvalue weighted by molar-refractivity contribution is 4.96. The van der Waals surface area contributed by atoms with Crippen LogP contribution in [0.25, 0.3) is 0 Å². The van der Waals surface area contributed by atoms with Gasteiger partial charge in [-0.15, -0.1) is 0 Å². The van der Waals surface area contributed by atoms with Gasteiger partial charge in [0.2, 0.25) is 0 Å². The van der Waals surface area contributed by atoms with E-state index >= 15 is 0 Å². The van der Waals surface area contributed by atoms with Crippen LogP contribution in [0.2, 0.25) is 0 Å². The maximum atomic E-state index is 4.82. The Morgan fingerprint density at radius 2 is 1.67 bits per heavy atom. The van der Waals surface area contributed by atoms with Crippen LogP contribution < -0.4 is 0 Å². The highest BCUT2D eigenvalue weighted by atomic mass is 15.0. The Hall–Kier alpha value is -1.08. The Kier molecular flexibility index (Phi) is 1.78. The Bertz CT molecular complexity index is 88.1. The van der Waals surface area contributed by atoms with Crippen molar-refractivity contribution >= 4 is 0 Å². The fourth-order valence-corrected chi connectivity index (χ4v) is 0.0373. The van der Waals surface area contributed by atoms with Crippen molar-refractivity contribution in [2.45, 2.75) is 0 Å². The van der Waals surface area contributed by atoms with E-state index in [2.05, 4.69) is 12.1 Å². The highest BCUT2D eigenvalue weighted by Gasteiger charge is 1.69. The molecule has 0 aliphatic carbocycles. The lowest BCUT2D eigenvalue weighted by Crippen LogP contribution is -1.98. The lowest BCUT2D eigenvalue weighted by atomic mass is 10.9. The molecule has 0 aromatic heterocycles. The summed E-state index contributed by atoms with van der Waals surface area (Å²) in [5, 5.41) is 0. The first kappa shape index (κ1) is 4.92. The number of terminal acetylenes is 2. The third-order valence-corrected chi connectivity index (χ3v) is 0.387. The first-order valence-electron chi connectivity index (χ1n) is 1.47. The molecule has 0 atom stereocenters. The van der Waals surface area contributed by atoms with Crippen molar-refractivity contribution in [1.82, 2.24) is 4.90 Å². The van der Waals surface area contributed by atoms with Crippen LogP contribution in [-0.4, -0.2) is 11.9 Å². The maximum Gasteiger partial charge on any atom is 0.0288 e. The molecule has 0 saturated heterocycles. The lowest BCUT2D eigenvalue weighted by molar-refractivity contribution is 0.703. The van der Waals surface area contributed by atoms with Crippen molar-refractivity contribution in [3.8, 4) is 24.9 Å². The number of hydrogen-bond donors (Lipinski definition) is 0. The van der Waals surface area contributed by atoms with Crippen molar-refractivity contribution in [3.05, 3.63) is 0 Å². The fraction of sp³-hybridized carbons (Fsp3) is 0.200. The van der Waals surface area contributed by atoms with Gasteiger partial charge in [-0.1, -0.05) is 12.8 Å². The zero-order valence-electron chi connectivity index (χ0n) is 3.60. The zero-order valence-corrected chi connectivity index (χ0v) is 3.60. The Balaban J connectivity index is 3.40. The van der Waals surface area contributed by atoms with E-state index in [9.17, 15) is 0 Å². The first-order chi connectivity index (χ1) is 2.81. The number of nitrogens with zero attached hydrogens (tertiary/aromatic N) is 1. The predicted molar refractivity (Wildman–Crippen MR) is 25.4 cm³/mol. The molecule has 0 radical (unpaired) electrons. The largest absolute Gasteiger partial charge is 0.264 e. The first-order valence-corrected chi connectivity index (χ1v) is 1.47. The van der Waals surface area contributed by atoms with E-state index in [1.807, 2.05) is 0 Å². The summed E-state index contributed by atoms with van der Waals surface area (Å²) >= 11 is 0. The molecule has 0 aromatic carbocycles. The van der Waals surface area contributed by atoms with Crippen molar-refractivity contribution in [2.24, 2.45) is 0 Å². The number of hydrogen-bond acceptors (Lipinski definition) is 1. The van der Waals surface area contributed by atoms with Gasteiger partial charge in [0.05, 0.1) is 0 Å². The maximum absolute atomic E-state index is 4.82. The molecular formula is C5H5N. The molecule has 0 amide bonds. The van der Waals surface area contributed by atoms with Gasteiger partial charge in [0.25, 0.3) is 0 Å². The molecule has 0 fully saturated rings. The normalized spacial score (nSPS) is 5.17. The molecule has 0 aliphatic rings. The Morgan fingerprint density at radius 1 is 1.33 bits per heavy atom. The van der Waals surface area contributed by atoms with Gasteiger partial charge >= 0.3 is 0 Å². The standard InChI is InChI=1S/C5H5N/c1-4-6(3)5-2/h1-2H,3H3. The molecule has 0 bridgehead atoms. The van der Waals surface area contributed by atoms with Gasteiger partial charge in [0.15, 0.2) is 0 Å². The van der Waals surface area contributed by atoms with Crippen LogP contribution in [0.1, 0.15) is 0 Å². The van der Waals surface area contributed by atoms with Gasteiger partial charge in [0.1, 0.15) is 0 Å². The van der Waals surface area contributed by atoms with Gasteiger partial charge in [-0.05, 0) is 0 Å².